The molecular formula is C26H24ClF3N4O4. The standard InChI is InChI=1S/C26H24ClF3N4O4/c1-26(2,3)38-25(36)32-10-12(11-32)23(35)34-16-5-4-6-20(37-24(29)30)21(16)18-9-19(34)22-31-15-8-14(28)13(27)7-17(15)33(18)22/h4-8,12,18-19,24H,9-11H2,1-3H3/t18-,19-/m1/s1. The highest BCUT2D eigenvalue weighted by Gasteiger charge is 2.51. The topological polar surface area (TPSA) is 76.9 Å². The van der Waals surface area contributed by atoms with Crippen molar-refractivity contribution in [3.8, 4) is 5.75 Å². The fraction of sp³-hybridized carbons (Fsp3) is 0.423. The van der Waals surface area contributed by atoms with Crippen molar-refractivity contribution >= 4 is 40.3 Å². The van der Waals surface area contributed by atoms with Gasteiger partial charge in [0.25, 0.3) is 0 Å². The smallest absolute Gasteiger partial charge is 0.410 e. The molecule has 6 rings (SSSR count). The zero-order valence-corrected chi connectivity index (χ0v) is 21.5. The molecular weight excluding hydrogens is 525 g/mol. The molecule has 38 heavy (non-hydrogen) atoms. The van der Waals surface area contributed by atoms with Gasteiger partial charge in [-0.25, -0.2) is 14.2 Å². The molecule has 0 N–H and O–H groups in total. The summed E-state index contributed by atoms with van der Waals surface area (Å²) in [5.41, 5.74) is 1.07. The van der Waals surface area contributed by atoms with Gasteiger partial charge in [-0.2, -0.15) is 8.78 Å². The minimum absolute atomic E-state index is 0.0503. The summed E-state index contributed by atoms with van der Waals surface area (Å²) >= 11 is 6.07. The first kappa shape index (κ1) is 24.8. The first-order chi connectivity index (χ1) is 17.9. The number of hydrogen-bond donors (Lipinski definition) is 0. The van der Waals surface area contributed by atoms with Crippen molar-refractivity contribution in [2.24, 2.45) is 5.92 Å². The Balaban J connectivity index is 1.41. The molecule has 8 nitrogen and oxygen atoms in total. The summed E-state index contributed by atoms with van der Waals surface area (Å²) in [7, 11) is 0. The third-order valence-corrected chi connectivity index (χ3v) is 7.39. The van der Waals surface area contributed by atoms with E-state index >= 15 is 0 Å². The normalized spacial score (nSPS) is 20.4. The molecule has 2 bridgehead atoms. The van der Waals surface area contributed by atoms with Crippen LogP contribution in [0.2, 0.25) is 5.02 Å². The number of likely N-dealkylation sites (tertiary alicyclic amines) is 1. The van der Waals surface area contributed by atoms with Crippen LogP contribution in [-0.2, 0) is 9.53 Å². The maximum absolute atomic E-state index is 14.2. The predicted molar refractivity (Wildman–Crippen MR) is 132 cm³/mol. The van der Waals surface area contributed by atoms with Crippen molar-refractivity contribution in [1.29, 1.82) is 0 Å². The number of halogens is 4. The van der Waals surface area contributed by atoms with Crippen LogP contribution in [0.25, 0.3) is 11.0 Å². The molecule has 1 fully saturated rings. The number of hydrogen-bond acceptors (Lipinski definition) is 5. The van der Waals surface area contributed by atoms with E-state index in [0.29, 0.717) is 34.5 Å². The van der Waals surface area contributed by atoms with Crippen molar-refractivity contribution in [3.63, 3.8) is 0 Å². The first-order valence-electron chi connectivity index (χ1n) is 12.2. The van der Waals surface area contributed by atoms with Crippen LogP contribution in [-0.4, -0.2) is 51.8 Å². The third-order valence-electron chi connectivity index (χ3n) is 7.10. The Kier molecular flexibility index (Phi) is 5.57. The summed E-state index contributed by atoms with van der Waals surface area (Å²) < 4.78 is 53.1. The van der Waals surface area contributed by atoms with Crippen LogP contribution in [0, 0.1) is 11.7 Å². The number of carbonyl (C=O) groups excluding carboxylic acids is 2. The molecule has 2 amide bonds. The number of aromatic nitrogens is 2. The molecule has 0 radical (unpaired) electrons. The van der Waals surface area contributed by atoms with E-state index in [1.165, 1.54) is 23.1 Å². The maximum atomic E-state index is 14.2. The molecule has 0 aliphatic carbocycles. The molecule has 12 heteroatoms. The van der Waals surface area contributed by atoms with Crippen LogP contribution in [0.5, 0.6) is 5.75 Å². The van der Waals surface area contributed by atoms with Crippen molar-refractivity contribution < 1.29 is 32.2 Å². The van der Waals surface area contributed by atoms with E-state index in [1.54, 1.807) is 37.8 Å². The van der Waals surface area contributed by atoms with E-state index in [1.807, 2.05) is 4.57 Å². The number of carbonyl (C=O) groups is 2. The number of imidazole rings is 1. The number of fused-ring (bicyclic) bond motifs is 3. The largest absolute Gasteiger partial charge is 0.444 e. The van der Waals surface area contributed by atoms with Gasteiger partial charge in [0.15, 0.2) is 0 Å². The summed E-state index contributed by atoms with van der Waals surface area (Å²) in [6.45, 7) is 2.55. The SMILES string of the molecule is CC(C)(C)OC(=O)N1CC(C(=O)N2c3cccc(OC(F)F)c3[C@H]3C[C@@H]2c2nc4cc(F)c(Cl)cc4n23)C1. The first-order valence-corrected chi connectivity index (χ1v) is 12.6. The minimum Gasteiger partial charge on any atom is -0.444 e. The second kappa shape index (κ2) is 8.52. The molecule has 0 spiro atoms. The number of benzene rings is 2. The number of nitrogens with zero attached hydrogens (tertiary/aromatic N) is 4. The molecule has 1 aromatic heterocycles. The lowest BCUT2D eigenvalue weighted by Crippen LogP contribution is -2.58. The molecule has 3 aromatic rings. The second-order valence-electron chi connectivity index (χ2n) is 10.7. The number of anilines is 1. The van der Waals surface area contributed by atoms with E-state index in [-0.39, 0.29) is 29.8 Å². The molecule has 4 heterocycles. The van der Waals surface area contributed by atoms with Gasteiger partial charge in [0, 0.05) is 31.1 Å². The van der Waals surface area contributed by atoms with Gasteiger partial charge < -0.3 is 23.8 Å². The number of ether oxygens (including phenoxy) is 2. The van der Waals surface area contributed by atoms with Gasteiger partial charge in [0.05, 0.1) is 39.7 Å². The monoisotopic (exact) mass is 548 g/mol. The van der Waals surface area contributed by atoms with Crippen molar-refractivity contribution in [3.05, 3.63) is 52.6 Å². The summed E-state index contributed by atoms with van der Waals surface area (Å²) in [5, 5.41) is -0.0939. The zero-order valence-electron chi connectivity index (χ0n) is 20.8. The Labute approximate surface area is 220 Å². The lowest BCUT2D eigenvalue weighted by molar-refractivity contribution is -0.127. The average Bonchev–Trinajstić information content (AvgIpc) is 3.27. The van der Waals surface area contributed by atoms with Crippen LogP contribution in [0.3, 0.4) is 0 Å². The Morgan fingerprint density at radius 3 is 2.58 bits per heavy atom. The summed E-state index contributed by atoms with van der Waals surface area (Å²) in [6.07, 6.45) is -0.132. The summed E-state index contributed by atoms with van der Waals surface area (Å²) in [5.74, 6) is -0.966. The molecule has 200 valence electrons. The van der Waals surface area contributed by atoms with Crippen LogP contribution in [0.4, 0.5) is 23.7 Å². The van der Waals surface area contributed by atoms with Crippen LogP contribution in [0.1, 0.15) is 50.7 Å². The number of rotatable bonds is 3. The lowest BCUT2D eigenvalue weighted by atomic mass is 9.90. The van der Waals surface area contributed by atoms with Gasteiger partial charge >= 0.3 is 12.7 Å². The molecule has 1 saturated heterocycles. The van der Waals surface area contributed by atoms with Crippen LogP contribution < -0.4 is 9.64 Å². The zero-order chi connectivity index (χ0) is 27.1. The van der Waals surface area contributed by atoms with Crippen LogP contribution >= 0.6 is 11.6 Å². The molecule has 2 aromatic carbocycles. The summed E-state index contributed by atoms with van der Waals surface area (Å²) in [4.78, 5) is 33.9. The van der Waals surface area contributed by atoms with Gasteiger partial charge in [-0.05, 0) is 39.0 Å². The molecule has 2 atom stereocenters. The van der Waals surface area contributed by atoms with E-state index in [4.69, 9.17) is 21.1 Å². The fourth-order valence-corrected chi connectivity index (χ4v) is 5.74. The maximum Gasteiger partial charge on any atom is 0.410 e. The van der Waals surface area contributed by atoms with Crippen molar-refractivity contribution in [1.82, 2.24) is 14.5 Å². The molecule has 3 aliphatic rings. The summed E-state index contributed by atoms with van der Waals surface area (Å²) in [6, 6.07) is 6.36. The van der Waals surface area contributed by atoms with E-state index in [0.717, 1.165) is 0 Å². The molecule has 3 aliphatic heterocycles. The van der Waals surface area contributed by atoms with E-state index < -0.39 is 42.1 Å². The number of alkyl halides is 2. The molecule has 0 saturated carbocycles. The number of amides is 2. The van der Waals surface area contributed by atoms with Gasteiger partial charge in [-0.3, -0.25) is 4.79 Å². The van der Waals surface area contributed by atoms with Crippen molar-refractivity contribution in [2.75, 3.05) is 18.0 Å². The lowest BCUT2D eigenvalue weighted by Gasteiger charge is -2.43. The van der Waals surface area contributed by atoms with Gasteiger partial charge in [0.1, 0.15) is 23.0 Å². The Morgan fingerprint density at radius 2 is 1.89 bits per heavy atom. The third kappa shape index (κ3) is 3.86. The highest BCUT2D eigenvalue weighted by Crippen LogP contribution is 2.55. The Bertz CT molecular complexity index is 1480. The van der Waals surface area contributed by atoms with E-state index in [2.05, 4.69) is 4.98 Å². The highest BCUT2D eigenvalue weighted by atomic mass is 35.5. The Hall–Kier alpha value is -3.47. The fourth-order valence-electron chi connectivity index (χ4n) is 5.59. The van der Waals surface area contributed by atoms with Gasteiger partial charge in [0.2, 0.25) is 5.91 Å². The predicted octanol–water partition coefficient (Wildman–Crippen LogP) is 5.68. The quantitative estimate of drug-likeness (QED) is 0.421. The van der Waals surface area contributed by atoms with Gasteiger partial charge in [-0.15, -0.1) is 0 Å². The van der Waals surface area contributed by atoms with Gasteiger partial charge in [-0.1, -0.05) is 17.7 Å². The van der Waals surface area contributed by atoms with Crippen molar-refractivity contribution in [2.45, 2.75) is 51.5 Å². The minimum atomic E-state index is -3.07. The second-order valence-corrected chi connectivity index (χ2v) is 11.1. The molecule has 0 unspecified atom stereocenters. The average molecular weight is 549 g/mol. The van der Waals surface area contributed by atoms with Crippen LogP contribution in [0.15, 0.2) is 30.3 Å². The Morgan fingerprint density at radius 1 is 1.16 bits per heavy atom. The highest BCUT2D eigenvalue weighted by molar-refractivity contribution is 6.31. The van der Waals surface area contributed by atoms with E-state index in [9.17, 15) is 22.8 Å².